The molecule has 0 spiro atoms. The second-order valence-corrected chi connectivity index (χ2v) is 8.76. The van der Waals surface area contributed by atoms with Gasteiger partial charge in [0.25, 0.3) is 0 Å². The molecule has 0 fully saturated rings. The van der Waals surface area contributed by atoms with E-state index in [1.54, 1.807) is 18.0 Å². The summed E-state index contributed by atoms with van der Waals surface area (Å²) in [4.78, 5) is 14.5. The van der Waals surface area contributed by atoms with Crippen LogP contribution in [0.2, 0.25) is 0 Å². The molecule has 6 nitrogen and oxygen atoms in total. The molecule has 1 aliphatic heterocycles. The van der Waals surface area contributed by atoms with Gasteiger partial charge < -0.3 is 5.26 Å². The predicted octanol–water partition coefficient (Wildman–Crippen LogP) is 1.83. The monoisotopic (exact) mass is 475 g/mol. The van der Waals surface area contributed by atoms with E-state index in [0.29, 0.717) is 0 Å². The summed E-state index contributed by atoms with van der Waals surface area (Å²) in [5, 5.41) is 13.7. The summed E-state index contributed by atoms with van der Waals surface area (Å²) in [6.45, 7) is 8.94. The molecule has 0 aliphatic carbocycles. The summed E-state index contributed by atoms with van der Waals surface area (Å²) in [6.07, 6.45) is 8.72. The van der Waals surface area contributed by atoms with Gasteiger partial charge in [0.15, 0.2) is 5.71 Å². The number of allylic oxidation sites excluding steroid dienone is 3. The number of hydrogen-bond acceptors (Lipinski definition) is 5. The first-order valence-electron chi connectivity index (χ1n) is 10.5. The summed E-state index contributed by atoms with van der Waals surface area (Å²) in [5.74, 6) is -0.0518. The largest absolute Gasteiger partial charge is 1.00 e. The van der Waals surface area contributed by atoms with E-state index in [1.807, 2.05) is 60.7 Å². The molecule has 1 heterocycles. The van der Waals surface area contributed by atoms with Crippen molar-refractivity contribution in [3.05, 3.63) is 78.5 Å². The van der Waals surface area contributed by atoms with Gasteiger partial charge in [-0.15, -0.1) is 0 Å². The van der Waals surface area contributed by atoms with Gasteiger partial charge in [0.05, 0.1) is 17.5 Å². The SMILES string of the molecule is CCC[N+]1=C(/C=C/C=C/N(C(C)=O)c2ccccc2)C(C)(C)c2cc(SOO[O-])ccc21.[Na+]. The summed E-state index contributed by atoms with van der Waals surface area (Å²) in [7, 11) is 0. The van der Waals surface area contributed by atoms with Crippen LogP contribution in [-0.2, 0) is 19.6 Å². The van der Waals surface area contributed by atoms with Crippen LogP contribution < -0.4 is 39.7 Å². The van der Waals surface area contributed by atoms with Gasteiger partial charge in [-0.1, -0.05) is 31.2 Å². The Balaban J connectivity index is 0.00000385. The Morgan fingerprint density at radius 1 is 1.18 bits per heavy atom. The van der Waals surface area contributed by atoms with Crippen LogP contribution in [0.4, 0.5) is 11.4 Å². The van der Waals surface area contributed by atoms with Crippen molar-refractivity contribution < 1.29 is 53.6 Å². The average Bonchev–Trinajstić information content (AvgIpc) is 2.99. The summed E-state index contributed by atoms with van der Waals surface area (Å²) in [5.41, 5.74) is 4.04. The topological polar surface area (TPSA) is 64.8 Å². The molecule has 8 heteroatoms. The van der Waals surface area contributed by atoms with Crippen LogP contribution in [0, 0.1) is 0 Å². The van der Waals surface area contributed by atoms with Gasteiger partial charge in [-0.3, -0.25) is 14.7 Å². The molecule has 1 aliphatic rings. The second-order valence-electron chi connectivity index (χ2n) is 7.99. The molecular formula is C25H28N2NaO4S+. The van der Waals surface area contributed by atoms with E-state index in [0.717, 1.165) is 52.6 Å². The maximum Gasteiger partial charge on any atom is 1.00 e. The molecule has 0 atom stereocenters. The van der Waals surface area contributed by atoms with E-state index in [-0.39, 0.29) is 40.9 Å². The van der Waals surface area contributed by atoms with E-state index in [9.17, 15) is 10.1 Å². The Bertz CT molecular complexity index is 1050. The third kappa shape index (κ3) is 6.45. The second kappa shape index (κ2) is 12.7. The number of para-hydroxylation sites is 1. The first-order valence-corrected chi connectivity index (χ1v) is 11.3. The van der Waals surface area contributed by atoms with Crippen molar-refractivity contribution in [2.45, 2.75) is 44.4 Å². The zero-order valence-corrected chi connectivity index (χ0v) is 22.6. The Morgan fingerprint density at radius 3 is 2.55 bits per heavy atom. The van der Waals surface area contributed by atoms with Crippen molar-refractivity contribution in [1.82, 2.24) is 0 Å². The fourth-order valence-electron chi connectivity index (χ4n) is 3.97. The molecule has 0 N–H and O–H groups in total. The Kier molecular flexibility index (Phi) is 10.6. The molecule has 1 amide bonds. The van der Waals surface area contributed by atoms with Crippen LogP contribution in [0.1, 0.15) is 39.7 Å². The van der Waals surface area contributed by atoms with Crippen LogP contribution in [0.25, 0.3) is 0 Å². The maximum atomic E-state index is 12.1. The van der Waals surface area contributed by atoms with Crippen molar-refractivity contribution in [3.8, 4) is 0 Å². The first-order chi connectivity index (χ1) is 15.4. The Morgan fingerprint density at radius 2 is 1.91 bits per heavy atom. The van der Waals surface area contributed by atoms with Gasteiger partial charge >= 0.3 is 29.6 Å². The number of anilines is 1. The Labute approximate surface area is 221 Å². The normalized spacial score (nSPS) is 14.6. The minimum absolute atomic E-state index is 0. The summed E-state index contributed by atoms with van der Waals surface area (Å²) >= 11 is 0.899. The molecule has 0 unspecified atom stereocenters. The van der Waals surface area contributed by atoms with Crippen LogP contribution in [0.15, 0.2) is 77.9 Å². The zero-order valence-electron chi connectivity index (χ0n) is 19.8. The quantitative estimate of drug-likeness (QED) is 0.138. The van der Waals surface area contributed by atoms with Gasteiger partial charge in [0, 0.05) is 47.8 Å². The minimum Gasteiger partial charge on any atom is -0.691 e. The van der Waals surface area contributed by atoms with Gasteiger partial charge in [-0.25, -0.2) is 0 Å². The molecule has 2 aromatic carbocycles. The molecule has 0 saturated carbocycles. The molecule has 2 aromatic rings. The van der Waals surface area contributed by atoms with Gasteiger partial charge in [0.1, 0.15) is 6.54 Å². The molecule has 0 aromatic heterocycles. The molecule has 3 rings (SSSR count). The van der Waals surface area contributed by atoms with E-state index in [1.165, 1.54) is 0 Å². The summed E-state index contributed by atoms with van der Waals surface area (Å²) in [6, 6.07) is 15.5. The van der Waals surface area contributed by atoms with E-state index in [4.69, 9.17) is 0 Å². The Hall–Kier alpha value is -1.71. The number of amides is 1. The van der Waals surface area contributed by atoms with Gasteiger partial charge in [-0.2, -0.15) is 8.91 Å². The molecule has 33 heavy (non-hydrogen) atoms. The number of carbonyl (C=O) groups is 1. The van der Waals surface area contributed by atoms with Crippen molar-refractivity contribution in [1.29, 1.82) is 0 Å². The summed E-state index contributed by atoms with van der Waals surface area (Å²) < 4.78 is 6.81. The predicted molar refractivity (Wildman–Crippen MR) is 125 cm³/mol. The average molecular weight is 476 g/mol. The number of hydrogen-bond donors (Lipinski definition) is 0. The van der Waals surface area contributed by atoms with Crippen molar-refractivity contribution in [3.63, 3.8) is 0 Å². The van der Waals surface area contributed by atoms with Crippen molar-refractivity contribution in [2.75, 3.05) is 11.4 Å². The van der Waals surface area contributed by atoms with E-state index in [2.05, 4.69) is 40.8 Å². The standard InChI is InChI=1S/C25H28N2O4S.Na/c1-5-16-27-23-15-14-21(32-31-30-29)18-22(23)25(3,4)24(27)13-9-10-17-26(19(2)28)20-11-7-6-8-12-20;/h6-15,17-18H,5,16H2,1-4H3;/q;+1. The van der Waals surface area contributed by atoms with Crippen LogP contribution >= 0.6 is 12.0 Å². The van der Waals surface area contributed by atoms with Crippen LogP contribution in [0.3, 0.4) is 0 Å². The smallest absolute Gasteiger partial charge is 0.691 e. The van der Waals surface area contributed by atoms with E-state index < -0.39 is 0 Å². The third-order valence-corrected chi connectivity index (χ3v) is 6.01. The fourth-order valence-corrected chi connectivity index (χ4v) is 4.36. The first kappa shape index (κ1) is 27.5. The minimum atomic E-state index is -0.247. The fraction of sp³-hybridized carbons (Fsp3) is 0.280. The number of fused-ring (bicyclic) bond motifs is 1. The van der Waals surface area contributed by atoms with E-state index >= 15 is 0 Å². The van der Waals surface area contributed by atoms with Gasteiger partial charge in [0.2, 0.25) is 11.6 Å². The van der Waals surface area contributed by atoms with Crippen molar-refractivity contribution >= 4 is 35.0 Å². The molecule has 0 saturated heterocycles. The molecule has 0 bridgehead atoms. The number of nitrogens with zero attached hydrogens (tertiary/aromatic N) is 2. The van der Waals surface area contributed by atoms with Gasteiger partial charge in [-0.05, 0) is 44.2 Å². The zero-order chi connectivity index (χ0) is 23.1. The van der Waals surface area contributed by atoms with Crippen LogP contribution in [0.5, 0.6) is 0 Å². The molecule has 168 valence electrons. The molecular weight excluding hydrogens is 447 g/mol. The number of carbonyl (C=O) groups excluding carboxylic acids is 1. The maximum absolute atomic E-state index is 12.1. The van der Waals surface area contributed by atoms with Crippen LogP contribution in [-0.4, -0.2) is 22.7 Å². The molecule has 0 radical (unpaired) electrons. The number of benzene rings is 2. The number of rotatable bonds is 9. The van der Waals surface area contributed by atoms with Crippen molar-refractivity contribution in [2.24, 2.45) is 0 Å². The third-order valence-electron chi connectivity index (χ3n) is 5.44.